The van der Waals surface area contributed by atoms with Crippen LogP contribution in [0, 0.1) is 0 Å². The molecule has 3 rings (SSSR count). The van der Waals surface area contributed by atoms with Crippen LogP contribution >= 0.6 is 23.1 Å². The van der Waals surface area contributed by atoms with Crippen molar-refractivity contribution in [1.29, 1.82) is 0 Å². The largest absolute Gasteiger partial charge is 0.485 e. The fourth-order valence-corrected chi connectivity index (χ4v) is 3.43. The molecule has 2 aromatic rings. The number of thioether (sulfide) groups is 1. The van der Waals surface area contributed by atoms with Gasteiger partial charge in [-0.25, -0.2) is 0 Å². The summed E-state index contributed by atoms with van der Waals surface area (Å²) in [6.07, 6.45) is -0.689. The summed E-state index contributed by atoms with van der Waals surface area (Å²) in [7, 11) is 0. The first-order chi connectivity index (χ1) is 10.3. The van der Waals surface area contributed by atoms with Crippen LogP contribution in [0.5, 0.6) is 11.5 Å². The van der Waals surface area contributed by atoms with Gasteiger partial charge in [0, 0.05) is 0 Å². The molecular formula is C13H13N3O3S2. The molecule has 0 bridgehead atoms. The molecule has 0 aliphatic carbocycles. The molecule has 0 fully saturated rings. The Morgan fingerprint density at radius 3 is 3.05 bits per heavy atom. The van der Waals surface area contributed by atoms with Crippen LogP contribution in [-0.2, 0) is 4.79 Å². The second kappa shape index (κ2) is 6.31. The number of carbonyl (C=O) groups excluding carboxylic acids is 1. The van der Waals surface area contributed by atoms with E-state index in [4.69, 9.17) is 9.47 Å². The van der Waals surface area contributed by atoms with E-state index in [-0.39, 0.29) is 12.5 Å². The highest BCUT2D eigenvalue weighted by atomic mass is 32.2. The topological polar surface area (TPSA) is 73.3 Å². The lowest BCUT2D eigenvalue weighted by Crippen LogP contribution is -2.40. The van der Waals surface area contributed by atoms with E-state index in [0.717, 1.165) is 10.1 Å². The number of hydrogen-bond donors (Lipinski definition) is 1. The lowest BCUT2D eigenvalue weighted by Gasteiger charge is -2.25. The first-order valence-electron chi connectivity index (χ1n) is 6.42. The molecule has 1 amide bonds. The van der Waals surface area contributed by atoms with Crippen LogP contribution in [0.3, 0.4) is 0 Å². The number of ether oxygens (including phenoxy) is 2. The summed E-state index contributed by atoms with van der Waals surface area (Å²) in [5.74, 6) is 1.86. The maximum atomic E-state index is 12.2. The highest BCUT2D eigenvalue weighted by Gasteiger charge is 2.28. The first-order valence-corrected chi connectivity index (χ1v) is 8.22. The minimum absolute atomic E-state index is 0.179. The van der Waals surface area contributed by atoms with E-state index in [0.29, 0.717) is 16.6 Å². The van der Waals surface area contributed by atoms with Gasteiger partial charge in [-0.1, -0.05) is 42.2 Å². The van der Waals surface area contributed by atoms with Crippen molar-refractivity contribution in [2.24, 2.45) is 0 Å². The molecule has 0 saturated carbocycles. The number of amides is 1. The Morgan fingerprint density at radius 2 is 2.24 bits per heavy atom. The van der Waals surface area contributed by atoms with Crippen molar-refractivity contribution in [1.82, 2.24) is 10.2 Å². The van der Waals surface area contributed by atoms with Crippen LogP contribution in [0.15, 0.2) is 28.6 Å². The zero-order chi connectivity index (χ0) is 14.7. The van der Waals surface area contributed by atoms with E-state index in [2.05, 4.69) is 15.5 Å². The van der Waals surface area contributed by atoms with E-state index < -0.39 is 6.10 Å². The Hall–Kier alpha value is -1.80. The van der Waals surface area contributed by atoms with E-state index in [1.165, 1.54) is 11.3 Å². The number of nitrogens with one attached hydrogen (secondary N) is 1. The van der Waals surface area contributed by atoms with Gasteiger partial charge in [-0.05, 0) is 17.9 Å². The van der Waals surface area contributed by atoms with Gasteiger partial charge in [-0.2, -0.15) is 0 Å². The predicted molar refractivity (Wildman–Crippen MR) is 81.3 cm³/mol. The van der Waals surface area contributed by atoms with Crippen LogP contribution in [0.4, 0.5) is 5.13 Å². The van der Waals surface area contributed by atoms with Crippen molar-refractivity contribution < 1.29 is 14.3 Å². The SMILES string of the molecule is CCSc1nnc(NC(=O)[C@H]2COc3ccccc3O2)s1. The number of carbonyl (C=O) groups is 1. The molecule has 1 aliphatic rings. The summed E-state index contributed by atoms with van der Waals surface area (Å²) in [6.45, 7) is 2.22. The zero-order valence-electron chi connectivity index (χ0n) is 11.2. The standard InChI is InChI=1S/C13H13N3O3S2/c1-2-20-13-16-15-12(21-13)14-11(17)10-7-18-8-5-3-4-6-9(8)19-10/h3-6,10H,2,7H2,1H3,(H,14,15,17)/t10-/m1/s1. The summed E-state index contributed by atoms with van der Waals surface area (Å²) in [5.41, 5.74) is 0. The van der Waals surface area contributed by atoms with E-state index in [1.54, 1.807) is 17.8 Å². The molecule has 0 spiro atoms. The van der Waals surface area contributed by atoms with Gasteiger partial charge < -0.3 is 9.47 Å². The predicted octanol–water partition coefficient (Wildman–Crippen LogP) is 2.43. The van der Waals surface area contributed by atoms with Crippen LogP contribution in [-0.4, -0.2) is 34.6 Å². The lowest BCUT2D eigenvalue weighted by molar-refractivity contribution is -0.125. The Balaban J connectivity index is 1.63. The van der Waals surface area contributed by atoms with Crippen LogP contribution < -0.4 is 14.8 Å². The Bertz CT molecular complexity index is 647. The van der Waals surface area contributed by atoms with E-state index in [9.17, 15) is 4.79 Å². The molecule has 1 N–H and O–H groups in total. The molecule has 2 heterocycles. The summed E-state index contributed by atoms with van der Waals surface area (Å²) in [5, 5.41) is 11.1. The summed E-state index contributed by atoms with van der Waals surface area (Å²) in [6, 6.07) is 7.27. The molecule has 0 unspecified atom stereocenters. The number of nitrogens with zero attached hydrogens (tertiary/aromatic N) is 2. The van der Waals surface area contributed by atoms with Gasteiger partial charge in [0.05, 0.1) is 0 Å². The van der Waals surface area contributed by atoms with Crippen molar-refractivity contribution in [3.05, 3.63) is 24.3 Å². The van der Waals surface area contributed by atoms with Crippen molar-refractivity contribution in [2.45, 2.75) is 17.4 Å². The van der Waals surface area contributed by atoms with Crippen LogP contribution in [0.2, 0.25) is 0 Å². The maximum absolute atomic E-state index is 12.2. The fourth-order valence-electron chi connectivity index (χ4n) is 1.78. The van der Waals surface area contributed by atoms with Gasteiger partial charge in [0.2, 0.25) is 11.2 Å². The molecule has 110 valence electrons. The summed E-state index contributed by atoms with van der Waals surface area (Å²) < 4.78 is 12.0. The average molecular weight is 323 g/mol. The number of aromatic nitrogens is 2. The zero-order valence-corrected chi connectivity index (χ0v) is 12.9. The van der Waals surface area contributed by atoms with Crippen molar-refractivity contribution in [2.75, 3.05) is 17.7 Å². The van der Waals surface area contributed by atoms with E-state index >= 15 is 0 Å². The molecule has 0 radical (unpaired) electrons. The lowest BCUT2D eigenvalue weighted by atomic mass is 10.2. The highest BCUT2D eigenvalue weighted by molar-refractivity contribution is 8.01. The van der Waals surface area contributed by atoms with Gasteiger partial charge in [0.1, 0.15) is 6.61 Å². The maximum Gasteiger partial charge on any atom is 0.270 e. The second-order valence-electron chi connectivity index (χ2n) is 4.16. The molecule has 6 nitrogen and oxygen atoms in total. The third-order valence-corrected chi connectivity index (χ3v) is 4.56. The van der Waals surface area contributed by atoms with Crippen molar-refractivity contribution in [3.63, 3.8) is 0 Å². The molecule has 21 heavy (non-hydrogen) atoms. The van der Waals surface area contributed by atoms with Crippen LogP contribution in [0.1, 0.15) is 6.92 Å². The summed E-state index contributed by atoms with van der Waals surface area (Å²) in [4.78, 5) is 12.2. The molecule has 8 heteroatoms. The Labute approximate surface area is 129 Å². The van der Waals surface area contributed by atoms with Crippen molar-refractivity contribution >= 4 is 34.1 Å². The molecule has 1 aliphatic heterocycles. The van der Waals surface area contributed by atoms with Gasteiger partial charge >= 0.3 is 0 Å². The van der Waals surface area contributed by atoms with Gasteiger partial charge in [-0.15, -0.1) is 10.2 Å². The first kappa shape index (κ1) is 14.2. The molecular weight excluding hydrogens is 310 g/mol. The molecule has 1 aromatic carbocycles. The number of rotatable bonds is 4. The third-order valence-electron chi connectivity index (χ3n) is 2.71. The van der Waals surface area contributed by atoms with Gasteiger partial charge in [-0.3, -0.25) is 10.1 Å². The van der Waals surface area contributed by atoms with Gasteiger partial charge in [0.25, 0.3) is 5.91 Å². The smallest absolute Gasteiger partial charge is 0.270 e. The molecule has 1 aromatic heterocycles. The number of anilines is 1. The normalized spacial score (nSPS) is 16.5. The van der Waals surface area contributed by atoms with E-state index in [1.807, 2.05) is 25.1 Å². The molecule has 1 atom stereocenters. The quantitative estimate of drug-likeness (QED) is 0.688. The summed E-state index contributed by atoms with van der Waals surface area (Å²) >= 11 is 2.93. The number of para-hydroxylation sites is 2. The number of benzene rings is 1. The Kier molecular flexibility index (Phi) is 4.26. The van der Waals surface area contributed by atoms with Crippen molar-refractivity contribution in [3.8, 4) is 11.5 Å². The fraction of sp³-hybridized carbons (Fsp3) is 0.308. The highest BCUT2D eigenvalue weighted by Crippen LogP contribution is 2.31. The monoisotopic (exact) mass is 323 g/mol. The number of fused-ring (bicyclic) bond motifs is 1. The number of hydrogen-bond acceptors (Lipinski definition) is 7. The second-order valence-corrected chi connectivity index (χ2v) is 6.65. The third kappa shape index (κ3) is 3.27. The van der Waals surface area contributed by atoms with Gasteiger partial charge in [0.15, 0.2) is 15.8 Å². The Morgan fingerprint density at radius 1 is 1.43 bits per heavy atom. The average Bonchev–Trinajstić information content (AvgIpc) is 2.94. The van der Waals surface area contributed by atoms with Crippen LogP contribution in [0.25, 0.3) is 0 Å². The molecule has 0 saturated heterocycles. The minimum atomic E-state index is -0.689. The minimum Gasteiger partial charge on any atom is -0.485 e.